The smallest absolute Gasteiger partial charge is 0.320 e. The highest BCUT2D eigenvalue weighted by atomic mass is 19.1. The molecule has 8 heteroatoms. The number of nitrogens with zero attached hydrogens (tertiary/aromatic N) is 4. The Morgan fingerprint density at radius 1 is 1.21 bits per heavy atom. The molecule has 0 saturated heterocycles. The van der Waals surface area contributed by atoms with Crippen molar-refractivity contribution in [1.82, 2.24) is 24.9 Å². The Morgan fingerprint density at radius 3 is 2.74 bits per heavy atom. The molecule has 0 spiro atoms. The number of aryl methyl sites for hydroxylation is 1. The SMILES string of the molecule is C=C1/C=C\C(F)=C/CCCC[C@@H]1NC(=O)Nc1c(C)c(-c2cnn(C)c2)nn1-c1ccccc1. The molecule has 4 rings (SSSR count). The molecule has 1 atom stereocenters. The van der Waals surface area contributed by atoms with Crippen molar-refractivity contribution >= 4 is 11.8 Å². The van der Waals surface area contributed by atoms with Crippen molar-refractivity contribution in [1.29, 1.82) is 0 Å². The second kappa shape index (κ2) is 10.3. The molecular formula is C26H29FN6O. The number of rotatable bonds is 4. The van der Waals surface area contributed by atoms with E-state index in [1.807, 2.05) is 50.5 Å². The lowest BCUT2D eigenvalue weighted by Gasteiger charge is -2.20. The Balaban J connectivity index is 1.61. The number of benzene rings is 1. The number of allylic oxidation sites excluding steroid dienone is 3. The first kappa shape index (κ1) is 23.2. The maximum Gasteiger partial charge on any atom is 0.320 e. The Kier molecular flexibility index (Phi) is 7.06. The van der Waals surface area contributed by atoms with E-state index in [1.165, 1.54) is 6.08 Å². The van der Waals surface area contributed by atoms with Gasteiger partial charge >= 0.3 is 6.03 Å². The molecule has 176 valence electrons. The summed E-state index contributed by atoms with van der Waals surface area (Å²) in [5, 5.41) is 15.0. The molecule has 0 bridgehead atoms. The molecule has 0 radical (unpaired) electrons. The number of para-hydroxylation sites is 1. The highest BCUT2D eigenvalue weighted by Crippen LogP contribution is 2.30. The van der Waals surface area contributed by atoms with Crippen LogP contribution in [0.15, 0.2) is 78.9 Å². The van der Waals surface area contributed by atoms with Gasteiger partial charge in [-0.05, 0) is 56.0 Å². The molecule has 3 aromatic rings. The maximum absolute atomic E-state index is 13.8. The summed E-state index contributed by atoms with van der Waals surface area (Å²) in [6.07, 6.45) is 11.3. The highest BCUT2D eigenvalue weighted by Gasteiger charge is 2.21. The van der Waals surface area contributed by atoms with E-state index in [4.69, 9.17) is 5.10 Å². The molecule has 7 nitrogen and oxygen atoms in total. The Hall–Kier alpha value is -3.94. The minimum atomic E-state index is -0.370. The van der Waals surface area contributed by atoms with Gasteiger partial charge in [-0.15, -0.1) is 0 Å². The molecule has 0 saturated carbocycles. The van der Waals surface area contributed by atoms with Crippen molar-refractivity contribution in [3.8, 4) is 16.9 Å². The fourth-order valence-corrected chi connectivity index (χ4v) is 3.97. The predicted molar refractivity (Wildman–Crippen MR) is 132 cm³/mol. The van der Waals surface area contributed by atoms with Gasteiger partial charge in [0.15, 0.2) is 0 Å². The Morgan fingerprint density at radius 2 is 2.00 bits per heavy atom. The lowest BCUT2D eigenvalue weighted by atomic mass is 10.00. The largest absolute Gasteiger partial charge is 0.331 e. The molecule has 2 amide bonds. The number of nitrogens with one attached hydrogen (secondary N) is 2. The number of hydrogen-bond donors (Lipinski definition) is 2. The van der Waals surface area contributed by atoms with Gasteiger partial charge in [0.2, 0.25) is 0 Å². The normalized spacial score (nSPS) is 19.2. The summed E-state index contributed by atoms with van der Waals surface area (Å²) in [6, 6.07) is 8.96. The molecule has 2 heterocycles. The second-order valence-electron chi connectivity index (χ2n) is 8.41. The van der Waals surface area contributed by atoms with E-state index in [0.29, 0.717) is 17.8 Å². The van der Waals surface area contributed by atoms with Crippen molar-refractivity contribution in [3.05, 3.63) is 84.5 Å². The lowest BCUT2D eigenvalue weighted by Crippen LogP contribution is -2.39. The summed E-state index contributed by atoms with van der Waals surface area (Å²) in [6.45, 7) is 5.96. The van der Waals surface area contributed by atoms with E-state index >= 15 is 0 Å². The number of halogens is 1. The molecule has 0 unspecified atom stereocenters. The van der Waals surface area contributed by atoms with Crippen molar-refractivity contribution in [2.24, 2.45) is 7.05 Å². The number of hydrogen-bond acceptors (Lipinski definition) is 3. The molecular weight excluding hydrogens is 431 g/mol. The number of carbonyl (C=O) groups is 1. The zero-order valence-electron chi connectivity index (χ0n) is 19.5. The van der Waals surface area contributed by atoms with Gasteiger partial charge in [0.05, 0.1) is 17.9 Å². The quantitative estimate of drug-likeness (QED) is 0.531. The highest BCUT2D eigenvalue weighted by molar-refractivity contribution is 5.91. The number of aromatic nitrogens is 4. The van der Waals surface area contributed by atoms with Gasteiger partial charge in [0.1, 0.15) is 17.3 Å². The van der Waals surface area contributed by atoms with Crippen LogP contribution in [0.3, 0.4) is 0 Å². The monoisotopic (exact) mass is 460 g/mol. The average Bonchev–Trinajstić information content (AvgIpc) is 3.40. The molecule has 1 aliphatic carbocycles. The molecule has 1 aliphatic rings. The minimum Gasteiger partial charge on any atom is -0.331 e. The third-order valence-corrected chi connectivity index (χ3v) is 5.83. The van der Waals surface area contributed by atoms with E-state index in [9.17, 15) is 9.18 Å². The van der Waals surface area contributed by atoms with Crippen LogP contribution in [0.2, 0.25) is 0 Å². The molecule has 0 fully saturated rings. The summed E-state index contributed by atoms with van der Waals surface area (Å²) in [7, 11) is 1.85. The minimum absolute atomic E-state index is 0.281. The topological polar surface area (TPSA) is 76.8 Å². The van der Waals surface area contributed by atoms with Gasteiger partial charge in [0.25, 0.3) is 0 Å². The summed E-state index contributed by atoms with van der Waals surface area (Å²) >= 11 is 0. The van der Waals surface area contributed by atoms with Gasteiger partial charge in [-0.25, -0.2) is 13.9 Å². The van der Waals surface area contributed by atoms with Gasteiger partial charge in [-0.3, -0.25) is 10.00 Å². The van der Waals surface area contributed by atoms with Crippen LogP contribution < -0.4 is 10.6 Å². The number of urea groups is 1. The predicted octanol–water partition coefficient (Wildman–Crippen LogP) is 5.61. The van der Waals surface area contributed by atoms with Gasteiger partial charge < -0.3 is 5.32 Å². The van der Waals surface area contributed by atoms with Crippen LogP contribution >= 0.6 is 0 Å². The zero-order chi connectivity index (χ0) is 24.1. The molecule has 2 N–H and O–H groups in total. The van der Waals surface area contributed by atoms with Gasteiger partial charge in [-0.2, -0.15) is 10.2 Å². The summed E-state index contributed by atoms with van der Waals surface area (Å²) in [5.41, 5.74) is 3.90. The molecule has 2 aromatic heterocycles. The van der Waals surface area contributed by atoms with Crippen molar-refractivity contribution < 1.29 is 9.18 Å². The van der Waals surface area contributed by atoms with Crippen LogP contribution in [-0.4, -0.2) is 31.6 Å². The van der Waals surface area contributed by atoms with Crippen LogP contribution in [0.1, 0.15) is 31.2 Å². The van der Waals surface area contributed by atoms with Crippen molar-refractivity contribution in [2.75, 3.05) is 5.32 Å². The third-order valence-electron chi connectivity index (χ3n) is 5.83. The van der Waals surface area contributed by atoms with Crippen LogP contribution in [0.4, 0.5) is 15.0 Å². The summed E-state index contributed by atoms with van der Waals surface area (Å²) < 4.78 is 17.2. The Labute approximate surface area is 198 Å². The van der Waals surface area contributed by atoms with E-state index in [1.54, 1.807) is 27.7 Å². The number of anilines is 1. The van der Waals surface area contributed by atoms with E-state index in [-0.39, 0.29) is 17.9 Å². The van der Waals surface area contributed by atoms with E-state index < -0.39 is 0 Å². The fourth-order valence-electron chi connectivity index (χ4n) is 3.97. The summed E-state index contributed by atoms with van der Waals surface area (Å²) in [5.74, 6) is 0.286. The molecule has 1 aromatic carbocycles. The van der Waals surface area contributed by atoms with Crippen molar-refractivity contribution in [3.63, 3.8) is 0 Å². The van der Waals surface area contributed by atoms with E-state index in [2.05, 4.69) is 22.3 Å². The fraction of sp³-hybridized carbons (Fsp3) is 0.269. The van der Waals surface area contributed by atoms with Crippen LogP contribution in [0.25, 0.3) is 16.9 Å². The third kappa shape index (κ3) is 5.33. The Bertz CT molecular complexity index is 1240. The average molecular weight is 461 g/mol. The first-order chi connectivity index (χ1) is 16.4. The summed E-state index contributed by atoms with van der Waals surface area (Å²) in [4.78, 5) is 13.1. The van der Waals surface area contributed by atoms with Crippen LogP contribution in [0.5, 0.6) is 0 Å². The zero-order valence-corrected chi connectivity index (χ0v) is 19.5. The second-order valence-corrected chi connectivity index (χ2v) is 8.41. The van der Waals surface area contributed by atoms with Crippen LogP contribution in [0, 0.1) is 6.92 Å². The van der Waals surface area contributed by atoms with Crippen LogP contribution in [-0.2, 0) is 7.05 Å². The maximum atomic E-state index is 13.8. The lowest BCUT2D eigenvalue weighted by molar-refractivity contribution is 0.249. The van der Waals surface area contributed by atoms with Gasteiger partial charge in [-0.1, -0.05) is 37.3 Å². The van der Waals surface area contributed by atoms with Gasteiger partial charge in [0, 0.05) is 24.4 Å². The number of carbonyl (C=O) groups excluding carboxylic acids is 1. The first-order valence-electron chi connectivity index (χ1n) is 11.4. The molecule has 0 aliphatic heterocycles. The first-order valence-corrected chi connectivity index (χ1v) is 11.4. The van der Waals surface area contributed by atoms with E-state index in [0.717, 1.165) is 41.8 Å². The standard InChI is InChI=1S/C26H29FN6O/c1-18-14-15-21(27)10-6-4-9-13-23(18)29-26(34)30-25-19(2)24(20-16-28-32(3)17-20)31-33(25)22-11-7-5-8-12-22/h5,7-8,10-12,14-17,23H,1,4,6,9,13H2,2-3H3,(H2,29,30,34)/b15-14-,21-10+/t23-/m0/s1. The van der Waals surface area contributed by atoms with Crippen molar-refractivity contribution in [2.45, 2.75) is 38.6 Å². The molecule has 34 heavy (non-hydrogen) atoms. The number of amides is 2.